The number of likely N-dealkylation sites (N-methyl/N-ethyl adjacent to an activating group) is 1. The van der Waals surface area contributed by atoms with E-state index in [1.165, 1.54) is 30.8 Å². The summed E-state index contributed by atoms with van der Waals surface area (Å²) in [6.07, 6.45) is 0. The van der Waals surface area contributed by atoms with Crippen LogP contribution in [0.5, 0.6) is 11.5 Å². The maximum absolute atomic E-state index is 12.7. The highest BCUT2D eigenvalue weighted by Gasteiger charge is 2.14. The number of pyridine rings is 1. The standard InChI is InChI=1S/C24H31N5O5/c1-6-29(7-2)12-13-34-19-11-8-16(14-20(19)33-5)15-25-22(30)18-10-9-17-21(26-18)27(3)24(32)28(4)23(17)31/h8-11,14H,6-7,12-13,15H2,1-5H3,(H,25,30). The van der Waals surface area contributed by atoms with Crippen LogP contribution in [0.1, 0.15) is 29.9 Å². The van der Waals surface area contributed by atoms with Crippen LogP contribution in [0.3, 0.4) is 0 Å². The molecule has 1 aromatic carbocycles. The van der Waals surface area contributed by atoms with Gasteiger partial charge in [-0.05, 0) is 42.9 Å². The molecule has 182 valence electrons. The first kappa shape index (κ1) is 25.0. The van der Waals surface area contributed by atoms with E-state index in [1.54, 1.807) is 7.11 Å². The number of aromatic nitrogens is 3. The van der Waals surface area contributed by atoms with Gasteiger partial charge < -0.3 is 19.7 Å². The Kier molecular flexibility index (Phi) is 8.06. The number of carbonyl (C=O) groups excluding carboxylic acids is 1. The number of nitrogens with one attached hydrogen (secondary N) is 1. The first-order chi connectivity index (χ1) is 16.3. The van der Waals surface area contributed by atoms with Crippen LogP contribution < -0.4 is 26.0 Å². The zero-order valence-corrected chi connectivity index (χ0v) is 20.3. The second-order valence-corrected chi connectivity index (χ2v) is 7.82. The van der Waals surface area contributed by atoms with Crippen LogP contribution in [-0.2, 0) is 20.6 Å². The molecule has 0 unspecified atom stereocenters. The molecule has 0 saturated carbocycles. The molecule has 1 N–H and O–H groups in total. The molecule has 0 radical (unpaired) electrons. The van der Waals surface area contributed by atoms with Gasteiger partial charge in [-0.25, -0.2) is 9.78 Å². The van der Waals surface area contributed by atoms with E-state index in [0.717, 1.165) is 29.8 Å². The minimum atomic E-state index is -0.506. The van der Waals surface area contributed by atoms with Gasteiger partial charge >= 0.3 is 5.69 Å². The van der Waals surface area contributed by atoms with Crippen molar-refractivity contribution in [1.29, 1.82) is 0 Å². The number of carbonyl (C=O) groups is 1. The second kappa shape index (κ2) is 11.0. The SMILES string of the molecule is CCN(CC)CCOc1ccc(CNC(=O)c2ccc3c(=O)n(C)c(=O)n(C)c3n2)cc1OC. The van der Waals surface area contributed by atoms with Crippen LogP contribution in [0.25, 0.3) is 11.0 Å². The lowest BCUT2D eigenvalue weighted by Crippen LogP contribution is -2.37. The van der Waals surface area contributed by atoms with Crippen LogP contribution in [0.2, 0.25) is 0 Å². The lowest BCUT2D eigenvalue weighted by molar-refractivity contribution is 0.0946. The Bertz CT molecular complexity index is 1290. The highest BCUT2D eigenvalue weighted by atomic mass is 16.5. The number of hydrogen-bond acceptors (Lipinski definition) is 7. The average Bonchev–Trinajstić information content (AvgIpc) is 2.87. The third-order valence-corrected chi connectivity index (χ3v) is 5.77. The van der Waals surface area contributed by atoms with Gasteiger partial charge in [0.15, 0.2) is 11.5 Å². The molecule has 0 spiro atoms. The lowest BCUT2D eigenvalue weighted by atomic mass is 10.2. The highest BCUT2D eigenvalue weighted by molar-refractivity contribution is 5.94. The van der Waals surface area contributed by atoms with Crippen LogP contribution in [-0.4, -0.2) is 58.3 Å². The smallest absolute Gasteiger partial charge is 0.332 e. The fraction of sp³-hybridized carbons (Fsp3) is 0.417. The monoisotopic (exact) mass is 469 g/mol. The first-order valence-corrected chi connectivity index (χ1v) is 11.2. The molecule has 0 bridgehead atoms. The van der Waals surface area contributed by atoms with E-state index >= 15 is 0 Å². The van der Waals surface area contributed by atoms with E-state index in [4.69, 9.17) is 9.47 Å². The molecule has 1 amide bonds. The van der Waals surface area contributed by atoms with Crippen molar-refractivity contribution < 1.29 is 14.3 Å². The molecule has 0 aliphatic heterocycles. The third-order valence-electron chi connectivity index (χ3n) is 5.77. The Morgan fingerprint density at radius 1 is 1.06 bits per heavy atom. The predicted molar refractivity (Wildman–Crippen MR) is 130 cm³/mol. The molecule has 3 aromatic rings. The van der Waals surface area contributed by atoms with Gasteiger partial charge in [-0.1, -0.05) is 19.9 Å². The number of nitrogens with zero attached hydrogens (tertiary/aromatic N) is 4. The summed E-state index contributed by atoms with van der Waals surface area (Å²) in [4.78, 5) is 43.7. The summed E-state index contributed by atoms with van der Waals surface area (Å²) in [5, 5.41) is 3.08. The van der Waals surface area contributed by atoms with E-state index in [-0.39, 0.29) is 23.3 Å². The molecule has 0 aliphatic carbocycles. The maximum Gasteiger partial charge on any atom is 0.332 e. The normalized spacial score (nSPS) is 11.1. The minimum absolute atomic E-state index is 0.110. The van der Waals surface area contributed by atoms with Crippen LogP contribution >= 0.6 is 0 Å². The van der Waals surface area contributed by atoms with E-state index in [9.17, 15) is 14.4 Å². The summed E-state index contributed by atoms with van der Waals surface area (Å²) in [5.74, 6) is 0.804. The van der Waals surface area contributed by atoms with Gasteiger partial charge in [0.05, 0.1) is 12.5 Å². The molecular formula is C24H31N5O5. The molecule has 10 heteroatoms. The van der Waals surface area contributed by atoms with Gasteiger partial charge in [0.2, 0.25) is 0 Å². The third kappa shape index (κ3) is 5.28. The van der Waals surface area contributed by atoms with Gasteiger partial charge in [0.25, 0.3) is 11.5 Å². The fourth-order valence-electron chi connectivity index (χ4n) is 3.62. The quantitative estimate of drug-likeness (QED) is 0.477. The number of rotatable bonds is 10. The molecule has 0 saturated heterocycles. The summed E-state index contributed by atoms with van der Waals surface area (Å²) in [7, 11) is 4.49. The lowest BCUT2D eigenvalue weighted by Gasteiger charge is -2.19. The van der Waals surface area contributed by atoms with Gasteiger partial charge in [0, 0.05) is 27.2 Å². The topological polar surface area (TPSA) is 108 Å². The van der Waals surface area contributed by atoms with E-state index in [0.29, 0.717) is 18.1 Å². The maximum atomic E-state index is 12.7. The van der Waals surface area contributed by atoms with Crippen molar-refractivity contribution in [3.63, 3.8) is 0 Å². The zero-order valence-electron chi connectivity index (χ0n) is 20.3. The number of amides is 1. The van der Waals surface area contributed by atoms with Crippen molar-refractivity contribution in [3.05, 3.63) is 62.4 Å². The number of methoxy groups -OCH3 is 1. The molecule has 2 heterocycles. The minimum Gasteiger partial charge on any atom is -0.493 e. The first-order valence-electron chi connectivity index (χ1n) is 11.2. The fourth-order valence-corrected chi connectivity index (χ4v) is 3.62. The van der Waals surface area contributed by atoms with E-state index < -0.39 is 17.2 Å². The van der Waals surface area contributed by atoms with Gasteiger partial charge in [-0.2, -0.15) is 0 Å². The summed E-state index contributed by atoms with van der Waals surface area (Å²) < 4.78 is 13.6. The van der Waals surface area contributed by atoms with Crippen molar-refractivity contribution in [1.82, 2.24) is 24.3 Å². The molecule has 0 aliphatic rings. The van der Waals surface area contributed by atoms with Crippen molar-refractivity contribution in [3.8, 4) is 11.5 Å². The van der Waals surface area contributed by atoms with Crippen molar-refractivity contribution >= 4 is 16.9 Å². The summed E-state index contributed by atoms with van der Waals surface area (Å²) >= 11 is 0. The van der Waals surface area contributed by atoms with Crippen LogP contribution in [0, 0.1) is 0 Å². The number of aryl methyl sites for hydroxylation is 1. The van der Waals surface area contributed by atoms with Crippen LogP contribution in [0.15, 0.2) is 39.9 Å². The average molecular weight is 470 g/mol. The number of fused-ring (bicyclic) bond motifs is 1. The van der Waals surface area contributed by atoms with Gasteiger partial charge in [0.1, 0.15) is 17.9 Å². The largest absolute Gasteiger partial charge is 0.493 e. The van der Waals surface area contributed by atoms with Crippen LogP contribution in [0.4, 0.5) is 0 Å². The zero-order chi connectivity index (χ0) is 24.8. The number of hydrogen-bond donors (Lipinski definition) is 1. The molecule has 3 rings (SSSR count). The molecule has 0 fully saturated rings. The molecule has 10 nitrogen and oxygen atoms in total. The Morgan fingerprint density at radius 2 is 1.79 bits per heavy atom. The number of ether oxygens (including phenoxy) is 2. The van der Waals surface area contributed by atoms with E-state index in [2.05, 4.69) is 29.0 Å². The molecule has 2 aromatic heterocycles. The summed E-state index contributed by atoms with van der Waals surface area (Å²) in [6.45, 7) is 7.77. The Hall–Kier alpha value is -3.66. The second-order valence-electron chi connectivity index (χ2n) is 7.82. The molecule has 0 atom stereocenters. The number of benzene rings is 1. The summed E-state index contributed by atoms with van der Waals surface area (Å²) in [5.41, 5.74) is 0.133. The Labute approximate surface area is 197 Å². The summed E-state index contributed by atoms with van der Waals surface area (Å²) in [6, 6.07) is 8.47. The Balaban J connectivity index is 1.70. The van der Waals surface area contributed by atoms with E-state index in [1.807, 2.05) is 18.2 Å². The molecule has 34 heavy (non-hydrogen) atoms. The van der Waals surface area contributed by atoms with Gasteiger partial charge in [-0.3, -0.25) is 18.7 Å². The highest BCUT2D eigenvalue weighted by Crippen LogP contribution is 2.28. The molecular weight excluding hydrogens is 438 g/mol. The predicted octanol–water partition coefficient (Wildman–Crippen LogP) is 1.29. The van der Waals surface area contributed by atoms with Crippen molar-refractivity contribution in [2.45, 2.75) is 20.4 Å². The van der Waals surface area contributed by atoms with Crippen molar-refractivity contribution in [2.24, 2.45) is 14.1 Å². The Morgan fingerprint density at radius 3 is 2.47 bits per heavy atom. The van der Waals surface area contributed by atoms with Gasteiger partial charge in [-0.15, -0.1) is 0 Å². The van der Waals surface area contributed by atoms with Crippen molar-refractivity contribution in [2.75, 3.05) is 33.4 Å².